The van der Waals surface area contributed by atoms with Crippen LogP contribution in [0.25, 0.3) is 0 Å². The van der Waals surface area contributed by atoms with Gasteiger partial charge in [0.25, 0.3) is 10.0 Å². The van der Waals surface area contributed by atoms with E-state index in [0.29, 0.717) is 25.6 Å². The molecule has 108 valence electrons. The summed E-state index contributed by atoms with van der Waals surface area (Å²) in [5.74, 6) is 1.12. The molecule has 1 saturated heterocycles. The third-order valence-corrected chi connectivity index (χ3v) is 5.46. The summed E-state index contributed by atoms with van der Waals surface area (Å²) in [6.07, 6.45) is 3.40. The van der Waals surface area contributed by atoms with E-state index in [1.807, 2.05) is 18.4 Å². The lowest BCUT2D eigenvalue weighted by molar-refractivity contribution is 0.447. The van der Waals surface area contributed by atoms with E-state index in [-0.39, 0.29) is 5.03 Å². The third kappa shape index (κ3) is 2.82. The van der Waals surface area contributed by atoms with E-state index >= 15 is 0 Å². The maximum Gasteiger partial charge on any atom is 0.262 e. The highest BCUT2D eigenvalue weighted by molar-refractivity contribution is 7.89. The molecule has 19 heavy (non-hydrogen) atoms. The van der Waals surface area contributed by atoms with E-state index in [0.717, 1.165) is 25.2 Å². The molecule has 1 aliphatic heterocycles. The number of hydrogen-bond acceptors (Lipinski definition) is 4. The number of imidazole rings is 1. The van der Waals surface area contributed by atoms with Gasteiger partial charge in [-0.3, -0.25) is 0 Å². The van der Waals surface area contributed by atoms with Gasteiger partial charge in [-0.2, -0.15) is 4.31 Å². The topological polar surface area (TPSA) is 81.2 Å². The minimum absolute atomic E-state index is 0.167. The van der Waals surface area contributed by atoms with Crippen molar-refractivity contribution in [3.05, 3.63) is 12.0 Å². The first kappa shape index (κ1) is 14.5. The van der Waals surface area contributed by atoms with E-state index in [1.165, 1.54) is 4.31 Å². The zero-order valence-electron chi connectivity index (χ0n) is 11.5. The lowest BCUT2D eigenvalue weighted by Crippen LogP contribution is -2.29. The average Bonchev–Trinajstić information content (AvgIpc) is 2.96. The normalized spacial score (nSPS) is 21.1. The van der Waals surface area contributed by atoms with Gasteiger partial charge >= 0.3 is 0 Å². The fourth-order valence-electron chi connectivity index (χ4n) is 2.54. The molecule has 1 fully saturated rings. The molecule has 2 rings (SSSR count). The van der Waals surface area contributed by atoms with Gasteiger partial charge < -0.3 is 10.3 Å². The van der Waals surface area contributed by atoms with E-state index in [1.54, 1.807) is 6.20 Å². The maximum absolute atomic E-state index is 12.5. The van der Waals surface area contributed by atoms with E-state index in [2.05, 4.69) is 4.98 Å². The zero-order chi connectivity index (χ0) is 14.0. The fourth-order valence-corrected chi connectivity index (χ4v) is 4.07. The van der Waals surface area contributed by atoms with Crippen molar-refractivity contribution in [1.82, 2.24) is 13.9 Å². The van der Waals surface area contributed by atoms with Crippen molar-refractivity contribution >= 4 is 10.0 Å². The molecule has 0 bridgehead atoms. The molecule has 0 spiro atoms. The van der Waals surface area contributed by atoms with Crippen LogP contribution in [0.1, 0.15) is 25.6 Å². The van der Waals surface area contributed by atoms with Crippen molar-refractivity contribution in [2.45, 2.75) is 38.3 Å². The molecule has 0 aliphatic carbocycles. The van der Waals surface area contributed by atoms with Gasteiger partial charge in [0.2, 0.25) is 0 Å². The molecule has 0 aromatic carbocycles. The molecular weight excluding hydrogens is 264 g/mol. The van der Waals surface area contributed by atoms with E-state index < -0.39 is 10.0 Å². The number of aryl methyl sites for hydroxylation is 2. The van der Waals surface area contributed by atoms with Crippen LogP contribution in [0.4, 0.5) is 0 Å². The predicted molar refractivity (Wildman–Crippen MR) is 73.2 cm³/mol. The average molecular weight is 286 g/mol. The SMILES string of the molecule is CCn1cc(S(=O)(=O)N2CCC(CCN)C2)nc1C. The molecule has 1 aliphatic rings. The number of aromatic nitrogens is 2. The highest BCUT2D eigenvalue weighted by atomic mass is 32.2. The Morgan fingerprint density at radius 3 is 2.84 bits per heavy atom. The Kier molecular flexibility index (Phi) is 4.27. The predicted octanol–water partition coefficient (Wildman–Crippen LogP) is 0.571. The van der Waals surface area contributed by atoms with Gasteiger partial charge in [-0.1, -0.05) is 0 Å². The Morgan fingerprint density at radius 2 is 2.26 bits per heavy atom. The summed E-state index contributed by atoms with van der Waals surface area (Å²) < 4.78 is 28.4. The second-order valence-electron chi connectivity index (χ2n) is 5.01. The van der Waals surface area contributed by atoms with Gasteiger partial charge in [0.15, 0.2) is 5.03 Å². The molecule has 1 aromatic heterocycles. The molecule has 0 saturated carbocycles. The fraction of sp³-hybridized carbons (Fsp3) is 0.750. The highest BCUT2D eigenvalue weighted by Crippen LogP contribution is 2.25. The molecule has 1 atom stereocenters. The number of hydrogen-bond donors (Lipinski definition) is 1. The number of nitrogens with zero attached hydrogens (tertiary/aromatic N) is 3. The molecule has 7 heteroatoms. The van der Waals surface area contributed by atoms with Crippen LogP contribution in [0, 0.1) is 12.8 Å². The summed E-state index contributed by atoms with van der Waals surface area (Å²) >= 11 is 0. The molecule has 1 aromatic rings. The summed E-state index contributed by atoms with van der Waals surface area (Å²) in [6, 6.07) is 0. The second-order valence-corrected chi connectivity index (χ2v) is 6.89. The van der Waals surface area contributed by atoms with Crippen molar-refractivity contribution < 1.29 is 8.42 Å². The Labute approximate surface area is 114 Å². The van der Waals surface area contributed by atoms with Crippen molar-refractivity contribution in [3.8, 4) is 0 Å². The van der Waals surface area contributed by atoms with Crippen LogP contribution >= 0.6 is 0 Å². The van der Waals surface area contributed by atoms with E-state index in [9.17, 15) is 8.42 Å². The Balaban J connectivity index is 2.18. The van der Waals surface area contributed by atoms with Crippen LogP contribution in [0.2, 0.25) is 0 Å². The van der Waals surface area contributed by atoms with Crippen LogP contribution < -0.4 is 5.73 Å². The number of sulfonamides is 1. The van der Waals surface area contributed by atoms with Gasteiger partial charge in [0.1, 0.15) is 5.82 Å². The lowest BCUT2D eigenvalue weighted by Gasteiger charge is -2.14. The first-order valence-electron chi connectivity index (χ1n) is 6.73. The van der Waals surface area contributed by atoms with Crippen molar-refractivity contribution in [3.63, 3.8) is 0 Å². The standard InChI is InChI=1S/C12H22N4O2S/c1-3-15-9-12(14-10(15)2)19(17,18)16-7-5-11(8-16)4-6-13/h9,11H,3-8,13H2,1-2H3. The Morgan fingerprint density at radius 1 is 1.53 bits per heavy atom. The molecular formula is C12H22N4O2S. The van der Waals surface area contributed by atoms with Crippen molar-refractivity contribution in [2.75, 3.05) is 19.6 Å². The first-order valence-corrected chi connectivity index (χ1v) is 8.17. The third-order valence-electron chi connectivity index (χ3n) is 3.72. The molecule has 6 nitrogen and oxygen atoms in total. The summed E-state index contributed by atoms with van der Waals surface area (Å²) in [4.78, 5) is 4.18. The highest BCUT2D eigenvalue weighted by Gasteiger charge is 2.33. The number of rotatable bonds is 5. The van der Waals surface area contributed by atoms with Crippen molar-refractivity contribution in [1.29, 1.82) is 0 Å². The zero-order valence-corrected chi connectivity index (χ0v) is 12.4. The number of nitrogens with two attached hydrogens (primary N) is 1. The van der Waals surface area contributed by atoms with Crippen LogP contribution in [0.5, 0.6) is 0 Å². The minimum atomic E-state index is -3.44. The van der Waals surface area contributed by atoms with Gasteiger partial charge in [0, 0.05) is 25.8 Å². The molecule has 0 amide bonds. The smallest absolute Gasteiger partial charge is 0.262 e. The molecule has 0 radical (unpaired) electrons. The monoisotopic (exact) mass is 286 g/mol. The lowest BCUT2D eigenvalue weighted by atomic mass is 10.1. The summed E-state index contributed by atoms with van der Waals surface area (Å²) in [6.45, 7) is 6.27. The first-order chi connectivity index (χ1) is 8.98. The quantitative estimate of drug-likeness (QED) is 0.858. The summed E-state index contributed by atoms with van der Waals surface area (Å²) in [5, 5.41) is 0.167. The second kappa shape index (κ2) is 5.60. The van der Waals surface area contributed by atoms with Gasteiger partial charge in [-0.25, -0.2) is 13.4 Å². The maximum atomic E-state index is 12.5. The van der Waals surface area contributed by atoms with Gasteiger partial charge in [-0.05, 0) is 39.2 Å². The van der Waals surface area contributed by atoms with Crippen LogP contribution in [-0.4, -0.2) is 41.9 Å². The van der Waals surface area contributed by atoms with Gasteiger partial charge in [0.05, 0.1) is 0 Å². The molecule has 1 unspecified atom stereocenters. The van der Waals surface area contributed by atoms with Crippen molar-refractivity contribution in [2.24, 2.45) is 11.7 Å². The summed E-state index contributed by atoms with van der Waals surface area (Å²) in [5.41, 5.74) is 5.53. The Bertz CT molecular complexity index is 538. The summed E-state index contributed by atoms with van der Waals surface area (Å²) in [7, 11) is -3.44. The van der Waals surface area contributed by atoms with Crippen LogP contribution in [0.3, 0.4) is 0 Å². The van der Waals surface area contributed by atoms with E-state index in [4.69, 9.17) is 5.73 Å². The van der Waals surface area contributed by atoms with Crippen LogP contribution in [0.15, 0.2) is 11.2 Å². The largest absolute Gasteiger partial charge is 0.334 e. The minimum Gasteiger partial charge on any atom is -0.334 e. The van der Waals surface area contributed by atoms with Crippen LogP contribution in [-0.2, 0) is 16.6 Å². The molecule has 2 heterocycles. The van der Waals surface area contributed by atoms with Gasteiger partial charge in [-0.15, -0.1) is 0 Å². The molecule has 2 N–H and O–H groups in total. The Hall–Kier alpha value is -0.920.